The van der Waals surface area contributed by atoms with Crippen LogP contribution in [0, 0.1) is 0 Å². The molecule has 1 heterocycles. The Balaban J connectivity index is 2.53. The number of esters is 1. The van der Waals surface area contributed by atoms with E-state index in [9.17, 15) is 9.59 Å². The number of urea groups is 1. The molecular weight excluding hydrogens is 160 g/mol. The molecule has 1 rings (SSSR count). The van der Waals surface area contributed by atoms with Crippen LogP contribution in [0.4, 0.5) is 4.79 Å². The first-order valence-electron chi connectivity index (χ1n) is 3.62. The first kappa shape index (κ1) is 8.58. The van der Waals surface area contributed by atoms with E-state index in [4.69, 9.17) is 10.5 Å². The molecule has 5 heteroatoms. The summed E-state index contributed by atoms with van der Waals surface area (Å²) in [6.45, 7) is 0.451. The number of amides is 2. The zero-order valence-corrected chi connectivity index (χ0v) is 6.50. The molecule has 0 bridgehead atoms. The standard InChI is InChI=1S/C7H10N2O3/c8-7(11)9-4-5-2-1-3-12-6(5)10/h4H,1-3H2,(H3,8,9,11). The maximum absolute atomic E-state index is 10.9. The molecular formula is C7H10N2O3. The second kappa shape index (κ2) is 3.75. The van der Waals surface area contributed by atoms with Gasteiger partial charge in [0.05, 0.1) is 12.2 Å². The lowest BCUT2D eigenvalue weighted by atomic mass is 10.1. The predicted molar refractivity (Wildman–Crippen MR) is 41.0 cm³/mol. The van der Waals surface area contributed by atoms with E-state index in [-0.39, 0.29) is 5.97 Å². The van der Waals surface area contributed by atoms with E-state index in [2.05, 4.69) is 5.32 Å². The molecule has 2 amide bonds. The molecule has 0 unspecified atom stereocenters. The molecule has 1 fully saturated rings. The molecule has 1 saturated heterocycles. The summed E-state index contributed by atoms with van der Waals surface area (Å²) in [6, 6.07) is -0.680. The van der Waals surface area contributed by atoms with Crippen molar-refractivity contribution in [3.8, 4) is 0 Å². The van der Waals surface area contributed by atoms with E-state index in [1.54, 1.807) is 0 Å². The highest BCUT2D eigenvalue weighted by Gasteiger charge is 2.15. The molecule has 0 saturated carbocycles. The third kappa shape index (κ3) is 2.26. The first-order valence-corrected chi connectivity index (χ1v) is 3.62. The van der Waals surface area contributed by atoms with Crippen molar-refractivity contribution in [1.82, 2.24) is 5.32 Å². The van der Waals surface area contributed by atoms with Crippen LogP contribution in [0.15, 0.2) is 11.8 Å². The van der Waals surface area contributed by atoms with Crippen molar-refractivity contribution < 1.29 is 14.3 Å². The van der Waals surface area contributed by atoms with Crippen LogP contribution in [0.2, 0.25) is 0 Å². The van der Waals surface area contributed by atoms with E-state index in [0.717, 1.165) is 6.42 Å². The second-order valence-electron chi connectivity index (χ2n) is 2.42. The van der Waals surface area contributed by atoms with Crippen LogP contribution in [0.5, 0.6) is 0 Å². The van der Waals surface area contributed by atoms with Gasteiger partial charge in [-0.3, -0.25) is 0 Å². The molecule has 0 aromatic carbocycles. The predicted octanol–water partition coefficient (Wildman–Crippen LogP) is -0.124. The van der Waals surface area contributed by atoms with Crippen LogP contribution in [0.1, 0.15) is 12.8 Å². The fourth-order valence-corrected chi connectivity index (χ4v) is 0.912. The molecule has 0 aromatic heterocycles. The summed E-state index contributed by atoms with van der Waals surface area (Å²) < 4.78 is 4.72. The Labute approximate surface area is 69.6 Å². The Kier molecular flexibility index (Phi) is 2.68. The van der Waals surface area contributed by atoms with E-state index in [0.29, 0.717) is 18.6 Å². The normalized spacial score (nSPS) is 20.3. The Morgan fingerprint density at radius 1 is 1.67 bits per heavy atom. The fraction of sp³-hybridized carbons (Fsp3) is 0.429. The summed E-state index contributed by atoms with van der Waals surface area (Å²) >= 11 is 0. The van der Waals surface area contributed by atoms with Gasteiger partial charge in [-0.1, -0.05) is 0 Å². The molecule has 1 aliphatic rings. The van der Waals surface area contributed by atoms with Crippen molar-refractivity contribution in [2.45, 2.75) is 12.8 Å². The van der Waals surface area contributed by atoms with Gasteiger partial charge in [-0.15, -0.1) is 0 Å². The summed E-state index contributed by atoms with van der Waals surface area (Å²) in [5, 5.41) is 2.22. The minimum atomic E-state index is -0.680. The highest BCUT2D eigenvalue weighted by molar-refractivity contribution is 5.89. The van der Waals surface area contributed by atoms with E-state index in [1.165, 1.54) is 6.20 Å². The molecule has 12 heavy (non-hydrogen) atoms. The number of nitrogens with two attached hydrogens (primary N) is 1. The maximum atomic E-state index is 10.9. The van der Waals surface area contributed by atoms with Crippen molar-refractivity contribution in [1.29, 1.82) is 0 Å². The highest BCUT2D eigenvalue weighted by atomic mass is 16.5. The summed E-state index contributed by atoms with van der Waals surface area (Å²) in [5.41, 5.74) is 5.27. The van der Waals surface area contributed by atoms with Gasteiger partial charge in [0.1, 0.15) is 0 Å². The molecule has 0 aromatic rings. The average molecular weight is 170 g/mol. The SMILES string of the molecule is NC(=O)NC=C1CCCOC1=O. The van der Waals surface area contributed by atoms with Crippen LogP contribution in [-0.2, 0) is 9.53 Å². The van der Waals surface area contributed by atoms with Gasteiger partial charge >= 0.3 is 12.0 Å². The molecule has 5 nitrogen and oxygen atoms in total. The minimum absolute atomic E-state index is 0.380. The Hall–Kier alpha value is -1.52. The zero-order chi connectivity index (χ0) is 8.97. The van der Waals surface area contributed by atoms with Gasteiger partial charge < -0.3 is 15.8 Å². The van der Waals surface area contributed by atoms with E-state index < -0.39 is 6.03 Å². The number of cyclic esters (lactones) is 1. The van der Waals surface area contributed by atoms with Crippen LogP contribution < -0.4 is 11.1 Å². The van der Waals surface area contributed by atoms with Gasteiger partial charge in [0.15, 0.2) is 0 Å². The quantitative estimate of drug-likeness (QED) is 0.425. The van der Waals surface area contributed by atoms with Crippen LogP contribution in [-0.4, -0.2) is 18.6 Å². The number of carbonyl (C=O) groups is 2. The topological polar surface area (TPSA) is 81.4 Å². The molecule has 3 N–H and O–H groups in total. The van der Waals surface area contributed by atoms with Gasteiger partial charge in [-0.05, 0) is 12.8 Å². The first-order chi connectivity index (χ1) is 5.70. The third-order valence-electron chi connectivity index (χ3n) is 1.47. The number of ether oxygens (including phenoxy) is 1. The molecule has 0 spiro atoms. The van der Waals surface area contributed by atoms with Gasteiger partial charge in [0.25, 0.3) is 0 Å². The Bertz CT molecular complexity index is 235. The summed E-state index contributed by atoms with van der Waals surface area (Å²) in [5.74, 6) is -0.380. The Morgan fingerprint density at radius 2 is 2.42 bits per heavy atom. The summed E-state index contributed by atoms with van der Waals surface area (Å²) in [7, 11) is 0. The molecule has 0 aliphatic carbocycles. The number of carbonyl (C=O) groups excluding carboxylic acids is 2. The zero-order valence-electron chi connectivity index (χ0n) is 6.50. The minimum Gasteiger partial charge on any atom is -0.462 e. The summed E-state index contributed by atoms with van der Waals surface area (Å²) in [6.07, 6.45) is 2.71. The molecule has 0 radical (unpaired) electrons. The number of nitrogens with one attached hydrogen (secondary N) is 1. The van der Waals surface area contributed by atoms with Crippen LogP contribution >= 0.6 is 0 Å². The van der Waals surface area contributed by atoms with Crippen molar-refractivity contribution >= 4 is 12.0 Å². The van der Waals surface area contributed by atoms with Gasteiger partial charge in [-0.2, -0.15) is 0 Å². The number of rotatable bonds is 1. The summed E-state index contributed by atoms with van der Waals surface area (Å²) in [4.78, 5) is 21.2. The molecule has 66 valence electrons. The van der Waals surface area contributed by atoms with Crippen molar-refractivity contribution in [3.63, 3.8) is 0 Å². The number of hydrogen-bond donors (Lipinski definition) is 2. The molecule has 1 aliphatic heterocycles. The van der Waals surface area contributed by atoms with Crippen LogP contribution in [0.25, 0.3) is 0 Å². The smallest absolute Gasteiger partial charge is 0.335 e. The van der Waals surface area contributed by atoms with Crippen molar-refractivity contribution in [3.05, 3.63) is 11.8 Å². The van der Waals surface area contributed by atoms with Gasteiger partial charge in [0.2, 0.25) is 0 Å². The van der Waals surface area contributed by atoms with Crippen LogP contribution in [0.3, 0.4) is 0 Å². The largest absolute Gasteiger partial charge is 0.462 e. The van der Waals surface area contributed by atoms with Crippen molar-refractivity contribution in [2.75, 3.05) is 6.61 Å². The third-order valence-corrected chi connectivity index (χ3v) is 1.47. The lowest BCUT2D eigenvalue weighted by Gasteiger charge is -2.13. The van der Waals surface area contributed by atoms with Gasteiger partial charge in [0, 0.05) is 6.20 Å². The van der Waals surface area contributed by atoms with Gasteiger partial charge in [-0.25, -0.2) is 9.59 Å². The average Bonchev–Trinajstić information content (AvgIpc) is 2.03. The monoisotopic (exact) mass is 170 g/mol. The number of hydrogen-bond acceptors (Lipinski definition) is 3. The van der Waals surface area contributed by atoms with E-state index >= 15 is 0 Å². The fourth-order valence-electron chi connectivity index (χ4n) is 0.912. The number of primary amides is 1. The second-order valence-corrected chi connectivity index (χ2v) is 2.42. The van der Waals surface area contributed by atoms with Crippen molar-refractivity contribution in [2.24, 2.45) is 5.73 Å². The molecule has 0 atom stereocenters. The Morgan fingerprint density at radius 3 is 3.00 bits per heavy atom. The highest BCUT2D eigenvalue weighted by Crippen LogP contribution is 2.12. The lowest BCUT2D eigenvalue weighted by Crippen LogP contribution is -2.26. The maximum Gasteiger partial charge on any atom is 0.335 e. The van der Waals surface area contributed by atoms with E-state index in [1.807, 2.05) is 0 Å². The lowest BCUT2D eigenvalue weighted by molar-refractivity contribution is -0.141.